The summed E-state index contributed by atoms with van der Waals surface area (Å²) in [4.78, 5) is 13.3. The fraction of sp³-hybridized carbons (Fsp3) is 0.938. The van der Waals surface area contributed by atoms with E-state index in [0.717, 1.165) is 31.8 Å². The van der Waals surface area contributed by atoms with E-state index in [1.54, 1.807) is 6.92 Å². The molecule has 0 spiro atoms. The third-order valence-corrected chi connectivity index (χ3v) is 4.80. The lowest BCUT2D eigenvalue weighted by Crippen LogP contribution is -2.49. The first-order valence-corrected chi connectivity index (χ1v) is 7.87. The van der Waals surface area contributed by atoms with Crippen molar-refractivity contribution in [3.8, 4) is 0 Å². The topological polar surface area (TPSA) is 32.3 Å². The van der Waals surface area contributed by atoms with Crippen molar-refractivity contribution in [2.75, 3.05) is 13.1 Å². The van der Waals surface area contributed by atoms with Gasteiger partial charge < -0.3 is 10.2 Å². The monoisotopic (exact) mass is 266 g/mol. The lowest BCUT2D eigenvalue weighted by Gasteiger charge is -2.42. The Hall–Kier alpha value is -0.570. The summed E-state index contributed by atoms with van der Waals surface area (Å²) in [7, 11) is 0. The Labute approximate surface area is 118 Å². The van der Waals surface area contributed by atoms with Gasteiger partial charge in [-0.05, 0) is 43.4 Å². The van der Waals surface area contributed by atoms with E-state index in [0.29, 0.717) is 17.5 Å². The summed E-state index contributed by atoms with van der Waals surface area (Å²) < 4.78 is 0. The van der Waals surface area contributed by atoms with Crippen LogP contribution in [0.3, 0.4) is 0 Å². The first-order valence-electron chi connectivity index (χ1n) is 7.87. The van der Waals surface area contributed by atoms with Gasteiger partial charge in [0.25, 0.3) is 0 Å². The molecule has 0 aromatic carbocycles. The summed E-state index contributed by atoms with van der Waals surface area (Å²) in [5.74, 6) is 1.06. The number of likely N-dealkylation sites (tertiary alicyclic amines) is 1. The molecular formula is C16H30N2O. The smallest absolute Gasteiger partial charge is 0.219 e. The zero-order chi connectivity index (χ0) is 14.0. The van der Waals surface area contributed by atoms with Crippen LogP contribution in [-0.4, -0.2) is 36.0 Å². The van der Waals surface area contributed by atoms with Crippen LogP contribution in [0.15, 0.2) is 0 Å². The van der Waals surface area contributed by atoms with E-state index in [-0.39, 0.29) is 5.91 Å². The highest BCUT2D eigenvalue weighted by Gasteiger charge is 2.33. The zero-order valence-corrected chi connectivity index (χ0v) is 13.0. The van der Waals surface area contributed by atoms with Crippen LogP contribution in [0, 0.1) is 11.3 Å². The lowest BCUT2D eigenvalue weighted by atomic mass is 9.70. The van der Waals surface area contributed by atoms with Crippen LogP contribution in [0.25, 0.3) is 0 Å². The number of nitrogens with zero attached hydrogens (tertiary/aromatic N) is 1. The van der Waals surface area contributed by atoms with E-state index in [4.69, 9.17) is 0 Å². The largest absolute Gasteiger partial charge is 0.343 e. The van der Waals surface area contributed by atoms with Gasteiger partial charge in [0.1, 0.15) is 0 Å². The number of rotatable bonds is 2. The first kappa shape index (κ1) is 14.8. The van der Waals surface area contributed by atoms with Gasteiger partial charge in [-0.25, -0.2) is 0 Å². The molecular weight excluding hydrogens is 236 g/mol. The first-order chi connectivity index (χ1) is 8.85. The standard InChI is InChI=1S/C16H30N2O/c1-12-9-15(11-16(3,4)10-12)17-14-5-7-18(8-6-14)13(2)19/h12,14-15,17H,5-11H2,1-4H3. The molecule has 1 heterocycles. The highest BCUT2D eigenvalue weighted by molar-refractivity contribution is 5.73. The number of hydrogen-bond donors (Lipinski definition) is 1. The number of carbonyl (C=O) groups excluding carboxylic acids is 1. The maximum Gasteiger partial charge on any atom is 0.219 e. The van der Waals surface area contributed by atoms with Crippen molar-refractivity contribution in [1.82, 2.24) is 10.2 Å². The Morgan fingerprint density at radius 3 is 2.32 bits per heavy atom. The molecule has 110 valence electrons. The second-order valence-electron chi connectivity index (χ2n) is 7.56. The van der Waals surface area contributed by atoms with Crippen molar-refractivity contribution < 1.29 is 4.79 Å². The van der Waals surface area contributed by atoms with Crippen LogP contribution < -0.4 is 5.32 Å². The van der Waals surface area contributed by atoms with Crippen molar-refractivity contribution in [2.24, 2.45) is 11.3 Å². The average Bonchev–Trinajstić information content (AvgIpc) is 2.26. The zero-order valence-electron chi connectivity index (χ0n) is 13.0. The molecule has 2 unspecified atom stereocenters. The van der Waals surface area contributed by atoms with Crippen molar-refractivity contribution in [2.45, 2.75) is 71.9 Å². The summed E-state index contributed by atoms with van der Waals surface area (Å²) in [5.41, 5.74) is 0.482. The van der Waals surface area contributed by atoms with Gasteiger partial charge in [0, 0.05) is 32.1 Å². The Balaban J connectivity index is 1.80. The molecule has 2 fully saturated rings. The fourth-order valence-corrected chi connectivity index (χ4v) is 4.17. The van der Waals surface area contributed by atoms with E-state index < -0.39 is 0 Å². The third kappa shape index (κ3) is 4.20. The van der Waals surface area contributed by atoms with E-state index in [2.05, 4.69) is 26.1 Å². The number of carbonyl (C=O) groups is 1. The lowest BCUT2D eigenvalue weighted by molar-refractivity contribution is -0.129. The molecule has 3 nitrogen and oxygen atoms in total. The summed E-state index contributed by atoms with van der Waals surface area (Å²) in [5, 5.41) is 3.87. The van der Waals surface area contributed by atoms with Crippen LogP contribution in [0.4, 0.5) is 0 Å². The number of nitrogens with one attached hydrogen (secondary N) is 1. The van der Waals surface area contributed by atoms with Crippen molar-refractivity contribution in [3.05, 3.63) is 0 Å². The van der Waals surface area contributed by atoms with Crippen LogP contribution in [-0.2, 0) is 4.79 Å². The summed E-state index contributed by atoms with van der Waals surface area (Å²) in [6, 6.07) is 1.29. The van der Waals surface area contributed by atoms with Crippen LogP contribution in [0.1, 0.15) is 59.8 Å². The maximum absolute atomic E-state index is 11.3. The normalized spacial score (nSPS) is 32.3. The van der Waals surface area contributed by atoms with Gasteiger partial charge in [0.15, 0.2) is 0 Å². The molecule has 1 amide bonds. The molecule has 2 atom stereocenters. The number of piperidine rings is 1. The highest BCUT2D eigenvalue weighted by atomic mass is 16.2. The predicted molar refractivity (Wildman–Crippen MR) is 79.0 cm³/mol. The van der Waals surface area contributed by atoms with Crippen LogP contribution >= 0.6 is 0 Å². The molecule has 0 aromatic heterocycles. The van der Waals surface area contributed by atoms with Gasteiger partial charge in [0.2, 0.25) is 5.91 Å². The van der Waals surface area contributed by atoms with Crippen molar-refractivity contribution in [3.63, 3.8) is 0 Å². The SMILES string of the molecule is CC(=O)N1CCC(NC2CC(C)CC(C)(C)C2)CC1. The Morgan fingerprint density at radius 2 is 1.79 bits per heavy atom. The van der Waals surface area contributed by atoms with Gasteiger partial charge in [-0.1, -0.05) is 20.8 Å². The third-order valence-electron chi connectivity index (χ3n) is 4.80. The molecule has 1 saturated heterocycles. The molecule has 0 aromatic rings. The second-order valence-corrected chi connectivity index (χ2v) is 7.56. The number of hydrogen-bond acceptors (Lipinski definition) is 2. The van der Waals surface area contributed by atoms with Gasteiger partial charge in [-0.2, -0.15) is 0 Å². The molecule has 0 radical (unpaired) electrons. The summed E-state index contributed by atoms with van der Waals surface area (Å²) >= 11 is 0. The highest BCUT2D eigenvalue weighted by Crippen LogP contribution is 2.38. The van der Waals surface area contributed by atoms with E-state index in [9.17, 15) is 4.79 Å². The molecule has 3 heteroatoms. The minimum Gasteiger partial charge on any atom is -0.343 e. The Morgan fingerprint density at radius 1 is 1.16 bits per heavy atom. The Kier molecular flexibility index (Phi) is 4.54. The summed E-state index contributed by atoms with van der Waals surface area (Å²) in [6.45, 7) is 10.7. The molecule has 2 aliphatic rings. The minimum absolute atomic E-state index is 0.228. The van der Waals surface area contributed by atoms with Crippen molar-refractivity contribution >= 4 is 5.91 Å². The summed E-state index contributed by atoms with van der Waals surface area (Å²) in [6.07, 6.45) is 6.20. The van der Waals surface area contributed by atoms with Crippen molar-refractivity contribution in [1.29, 1.82) is 0 Å². The average molecular weight is 266 g/mol. The second kappa shape index (κ2) is 5.82. The molecule has 2 rings (SSSR count). The van der Waals surface area contributed by atoms with Gasteiger partial charge in [0.05, 0.1) is 0 Å². The Bertz CT molecular complexity index is 319. The predicted octanol–water partition coefficient (Wildman–Crippen LogP) is 2.80. The maximum atomic E-state index is 11.3. The van der Waals surface area contributed by atoms with Gasteiger partial charge >= 0.3 is 0 Å². The number of amides is 1. The van der Waals surface area contributed by atoms with E-state index in [1.807, 2.05) is 4.90 Å². The van der Waals surface area contributed by atoms with Gasteiger partial charge in [-0.3, -0.25) is 4.79 Å². The molecule has 1 aliphatic carbocycles. The molecule has 19 heavy (non-hydrogen) atoms. The quantitative estimate of drug-likeness (QED) is 0.833. The van der Waals surface area contributed by atoms with Crippen LogP contribution in [0.2, 0.25) is 0 Å². The molecule has 1 aliphatic heterocycles. The fourth-order valence-electron chi connectivity index (χ4n) is 4.17. The van der Waals surface area contributed by atoms with Crippen LogP contribution in [0.5, 0.6) is 0 Å². The molecule has 1 saturated carbocycles. The minimum atomic E-state index is 0.228. The van der Waals surface area contributed by atoms with E-state index >= 15 is 0 Å². The molecule has 1 N–H and O–H groups in total. The van der Waals surface area contributed by atoms with E-state index in [1.165, 1.54) is 19.3 Å². The van der Waals surface area contributed by atoms with Gasteiger partial charge in [-0.15, -0.1) is 0 Å². The molecule has 0 bridgehead atoms.